The molecule has 0 fully saturated rings. The number of phenols is 1. The second-order valence-electron chi connectivity index (χ2n) is 3.12. The molecule has 1 aromatic heterocycles. The van der Waals surface area contributed by atoms with Crippen molar-refractivity contribution in [1.29, 1.82) is 0 Å². The molecule has 0 aliphatic heterocycles. The first-order valence-corrected chi connectivity index (χ1v) is 4.73. The van der Waals surface area contributed by atoms with Crippen molar-refractivity contribution >= 4 is 0 Å². The summed E-state index contributed by atoms with van der Waals surface area (Å²) in [7, 11) is 0. The third kappa shape index (κ3) is 2.49. The van der Waals surface area contributed by atoms with E-state index in [0.29, 0.717) is 18.9 Å². The Hall–Kier alpha value is -1.97. The minimum atomic E-state index is 0.170. The zero-order chi connectivity index (χ0) is 10.5. The van der Waals surface area contributed by atoms with Crippen LogP contribution in [0, 0.1) is 0 Å². The fourth-order valence-corrected chi connectivity index (χ4v) is 1.26. The smallest absolute Gasteiger partial charge is 0.161 e. The summed E-state index contributed by atoms with van der Waals surface area (Å²) in [5, 5.41) is 9.42. The van der Waals surface area contributed by atoms with Crippen molar-refractivity contribution in [2.75, 3.05) is 6.61 Å². The van der Waals surface area contributed by atoms with Gasteiger partial charge in [-0.15, -0.1) is 0 Å². The average molecular weight is 204 g/mol. The predicted molar refractivity (Wildman–Crippen MR) is 55.8 cm³/mol. The van der Waals surface area contributed by atoms with Gasteiger partial charge in [-0.2, -0.15) is 0 Å². The first kappa shape index (κ1) is 9.58. The van der Waals surface area contributed by atoms with Gasteiger partial charge in [0.2, 0.25) is 0 Å². The van der Waals surface area contributed by atoms with Crippen LogP contribution in [0.2, 0.25) is 0 Å². The van der Waals surface area contributed by atoms with Crippen molar-refractivity contribution in [1.82, 2.24) is 9.55 Å². The van der Waals surface area contributed by atoms with Crippen LogP contribution in [0.4, 0.5) is 0 Å². The molecule has 1 aromatic carbocycles. The Balaban J connectivity index is 1.86. The number of hydrogen-bond donors (Lipinski definition) is 1. The van der Waals surface area contributed by atoms with E-state index in [1.54, 1.807) is 30.7 Å². The van der Waals surface area contributed by atoms with E-state index in [1.165, 1.54) is 0 Å². The minimum absolute atomic E-state index is 0.170. The maximum absolute atomic E-state index is 9.42. The van der Waals surface area contributed by atoms with Gasteiger partial charge in [-0.1, -0.05) is 12.1 Å². The number of ether oxygens (including phenoxy) is 1. The molecule has 15 heavy (non-hydrogen) atoms. The lowest BCUT2D eigenvalue weighted by molar-refractivity contribution is 0.283. The standard InChI is InChI=1S/C11H12N2O2/c14-10-3-1-2-4-11(10)15-8-7-13-6-5-12-9-13/h1-6,9,14H,7-8H2. The van der Waals surface area contributed by atoms with E-state index in [9.17, 15) is 5.11 Å². The Morgan fingerprint density at radius 1 is 1.33 bits per heavy atom. The number of phenolic OH excluding ortho intramolecular Hbond substituents is 1. The second-order valence-corrected chi connectivity index (χ2v) is 3.12. The highest BCUT2D eigenvalue weighted by atomic mass is 16.5. The summed E-state index contributed by atoms with van der Waals surface area (Å²) in [5.41, 5.74) is 0. The van der Waals surface area contributed by atoms with E-state index in [0.717, 1.165) is 0 Å². The lowest BCUT2D eigenvalue weighted by Crippen LogP contribution is -2.06. The van der Waals surface area contributed by atoms with E-state index >= 15 is 0 Å². The van der Waals surface area contributed by atoms with E-state index in [1.807, 2.05) is 16.8 Å². The Kier molecular flexibility index (Phi) is 2.88. The van der Waals surface area contributed by atoms with Crippen molar-refractivity contribution in [3.63, 3.8) is 0 Å². The van der Waals surface area contributed by atoms with Gasteiger partial charge in [0, 0.05) is 12.4 Å². The summed E-state index contributed by atoms with van der Waals surface area (Å²) in [5.74, 6) is 0.681. The van der Waals surface area contributed by atoms with Crippen LogP contribution in [0.15, 0.2) is 43.0 Å². The minimum Gasteiger partial charge on any atom is -0.504 e. The van der Waals surface area contributed by atoms with Gasteiger partial charge in [0.25, 0.3) is 0 Å². The van der Waals surface area contributed by atoms with Crippen LogP contribution in [-0.2, 0) is 6.54 Å². The summed E-state index contributed by atoms with van der Waals surface area (Å²) in [6, 6.07) is 6.93. The first-order chi connectivity index (χ1) is 7.36. The van der Waals surface area contributed by atoms with Crippen molar-refractivity contribution in [3.8, 4) is 11.5 Å². The lowest BCUT2D eigenvalue weighted by Gasteiger charge is -2.07. The molecule has 0 aliphatic rings. The third-order valence-corrected chi connectivity index (χ3v) is 2.03. The van der Waals surface area contributed by atoms with Crippen LogP contribution in [0.5, 0.6) is 11.5 Å². The van der Waals surface area contributed by atoms with Gasteiger partial charge in [0.05, 0.1) is 12.9 Å². The summed E-state index contributed by atoms with van der Waals surface area (Å²) >= 11 is 0. The summed E-state index contributed by atoms with van der Waals surface area (Å²) in [4.78, 5) is 3.92. The molecule has 0 bridgehead atoms. The van der Waals surface area contributed by atoms with Gasteiger partial charge < -0.3 is 14.4 Å². The largest absolute Gasteiger partial charge is 0.504 e. The number of imidazole rings is 1. The van der Waals surface area contributed by atoms with Gasteiger partial charge >= 0.3 is 0 Å². The molecule has 2 rings (SSSR count). The summed E-state index contributed by atoms with van der Waals surface area (Å²) in [6.07, 6.45) is 5.32. The van der Waals surface area contributed by atoms with Crippen LogP contribution in [0.3, 0.4) is 0 Å². The van der Waals surface area contributed by atoms with Crippen molar-refractivity contribution in [2.24, 2.45) is 0 Å². The second kappa shape index (κ2) is 4.50. The van der Waals surface area contributed by atoms with Gasteiger partial charge in [-0.05, 0) is 12.1 Å². The van der Waals surface area contributed by atoms with E-state index in [-0.39, 0.29) is 5.75 Å². The van der Waals surface area contributed by atoms with Gasteiger partial charge in [0.15, 0.2) is 11.5 Å². The van der Waals surface area contributed by atoms with Gasteiger partial charge in [-0.25, -0.2) is 4.98 Å². The maximum atomic E-state index is 9.42. The quantitative estimate of drug-likeness (QED) is 0.824. The molecular formula is C11H12N2O2. The molecule has 0 amide bonds. The van der Waals surface area contributed by atoms with Crippen LogP contribution in [-0.4, -0.2) is 21.3 Å². The first-order valence-electron chi connectivity index (χ1n) is 4.73. The third-order valence-electron chi connectivity index (χ3n) is 2.03. The molecular weight excluding hydrogens is 192 g/mol. The fourth-order valence-electron chi connectivity index (χ4n) is 1.26. The SMILES string of the molecule is Oc1ccccc1OCCn1ccnc1. The molecule has 4 nitrogen and oxygen atoms in total. The molecule has 0 spiro atoms. The highest BCUT2D eigenvalue weighted by Crippen LogP contribution is 2.23. The molecule has 0 saturated carbocycles. The maximum Gasteiger partial charge on any atom is 0.161 e. The Labute approximate surface area is 87.8 Å². The van der Waals surface area contributed by atoms with Crippen molar-refractivity contribution < 1.29 is 9.84 Å². The molecule has 1 heterocycles. The number of benzene rings is 1. The van der Waals surface area contributed by atoms with E-state index in [2.05, 4.69) is 4.98 Å². The highest BCUT2D eigenvalue weighted by molar-refractivity contribution is 5.37. The predicted octanol–water partition coefficient (Wildman–Crippen LogP) is 1.67. The molecule has 0 atom stereocenters. The monoisotopic (exact) mass is 204 g/mol. The van der Waals surface area contributed by atoms with E-state index < -0.39 is 0 Å². The molecule has 2 aromatic rings. The van der Waals surface area contributed by atoms with Crippen LogP contribution < -0.4 is 4.74 Å². The van der Waals surface area contributed by atoms with Crippen LogP contribution in [0.1, 0.15) is 0 Å². The van der Waals surface area contributed by atoms with Crippen LogP contribution >= 0.6 is 0 Å². The molecule has 78 valence electrons. The van der Waals surface area contributed by atoms with Crippen molar-refractivity contribution in [2.45, 2.75) is 6.54 Å². The zero-order valence-corrected chi connectivity index (χ0v) is 8.21. The Morgan fingerprint density at radius 2 is 2.20 bits per heavy atom. The van der Waals surface area contributed by atoms with Gasteiger partial charge in [-0.3, -0.25) is 0 Å². The zero-order valence-electron chi connectivity index (χ0n) is 8.21. The number of nitrogens with zero attached hydrogens (tertiary/aromatic N) is 2. The number of para-hydroxylation sites is 2. The lowest BCUT2D eigenvalue weighted by atomic mass is 10.3. The Bertz CT molecular complexity index is 412. The van der Waals surface area contributed by atoms with Crippen molar-refractivity contribution in [3.05, 3.63) is 43.0 Å². The fraction of sp³-hybridized carbons (Fsp3) is 0.182. The summed E-state index contributed by atoms with van der Waals surface area (Å²) in [6.45, 7) is 1.22. The number of rotatable bonds is 4. The molecule has 0 aliphatic carbocycles. The molecule has 0 saturated heterocycles. The van der Waals surface area contributed by atoms with Crippen LogP contribution in [0.25, 0.3) is 0 Å². The van der Waals surface area contributed by atoms with Gasteiger partial charge in [0.1, 0.15) is 6.61 Å². The number of aromatic hydroxyl groups is 1. The Morgan fingerprint density at radius 3 is 2.93 bits per heavy atom. The number of aromatic nitrogens is 2. The average Bonchev–Trinajstić information content (AvgIpc) is 2.74. The topological polar surface area (TPSA) is 47.3 Å². The summed E-state index contributed by atoms with van der Waals surface area (Å²) < 4.78 is 7.33. The molecule has 0 radical (unpaired) electrons. The normalized spacial score (nSPS) is 10.1. The highest BCUT2D eigenvalue weighted by Gasteiger charge is 1.99. The molecule has 4 heteroatoms. The molecule has 1 N–H and O–H groups in total. The number of hydrogen-bond acceptors (Lipinski definition) is 3. The molecule has 0 unspecified atom stereocenters. The van der Waals surface area contributed by atoms with E-state index in [4.69, 9.17) is 4.74 Å².